The number of carbonyl (C=O) groups is 1. The number of carbonyl (C=O) groups excluding carboxylic acids is 1. The highest BCUT2D eigenvalue weighted by Gasteiger charge is 2.15. The van der Waals surface area contributed by atoms with Crippen LogP contribution < -0.4 is 20.1 Å². The van der Waals surface area contributed by atoms with Crippen molar-refractivity contribution in [3.05, 3.63) is 82.8 Å². The Morgan fingerprint density at radius 1 is 1.00 bits per heavy atom. The molecule has 0 aromatic heterocycles. The lowest BCUT2D eigenvalue weighted by Gasteiger charge is -2.12. The number of anilines is 2. The first-order chi connectivity index (χ1) is 15.3. The van der Waals surface area contributed by atoms with Crippen molar-refractivity contribution >= 4 is 60.6 Å². The number of halogens is 1. The quantitative estimate of drug-likeness (QED) is 0.378. The van der Waals surface area contributed by atoms with E-state index in [0.717, 1.165) is 0 Å². The first-order valence-corrected chi connectivity index (χ1v) is 12.2. The summed E-state index contributed by atoms with van der Waals surface area (Å²) in [6.07, 6.45) is 0. The van der Waals surface area contributed by atoms with Crippen LogP contribution in [0.15, 0.2) is 82.2 Å². The fourth-order valence-electron chi connectivity index (χ4n) is 2.69. The van der Waals surface area contributed by atoms with Gasteiger partial charge in [0.1, 0.15) is 5.75 Å². The van der Waals surface area contributed by atoms with Crippen molar-refractivity contribution < 1.29 is 17.9 Å². The summed E-state index contributed by atoms with van der Waals surface area (Å²) in [5.74, 6) is 0.249. The lowest BCUT2D eigenvalue weighted by molar-refractivity contribution is 0.0977. The summed E-state index contributed by atoms with van der Waals surface area (Å²) in [6.45, 7) is 2.39. The summed E-state index contributed by atoms with van der Waals surface area (Å²) in [5.41, 5.74) is 1.40. The fourth-order valence-corrected chi connectivity index (χ4v) is 4.45. The van der Waals surface area contributed by atoms with Gasteiger partial charge in [-0.05, 0) is 89.7 Å². The van der Waals surface area contributed by atoms with E-state index in [9.17, 15) is 13.2 Å². The maximum absolute atomic E-state index is 12.5. The van der Waals surface area contributed by atoms with Gasteiger partial charge in [-0.15, -0.1) is 0 Å². The van der Waals surface area contributed by atoms with E-state index in [0.29, 0.717) is 33.8 Å². The molecule has 0 aliphatic carbocycles. The molecule has 0 radical (unpaired) electrons. The van der Waals surface area contributed by atoms with Gasteiger partial charge < -0.3 is 10.1 Å². The molecule has 3 N–H and O–H groups in total. The van der Waals surface area contributed by atoms with Gasteiger partial charge in [-0.3, -0.25) is 14.8 Å². The standard InChI is InChI=1S/C22H20BrN3O4S2/c1-2-30-20-13-8-15(14-19(20)23)21(27)25-22(31)24-16-9-11-18(12-10-16)32(28,29)26-17-6-4-3-5-7-17/h3-14,26H,2H2,1H3,(H2,24,25,27,31). The lowest BCUT2D eigenvalue weighted by Crippen LogP contribution is -2.34. The second-order valence-electron chi connectivity index (χ2n) is 6.48. The average molecular weight is 534 g/mol. The number of thiocarbonyl (C=S) groups is 1. The van der Waals surface area contributed by atoms with Crippen molar-refractivity contribution in [3.8, 4) is 5.75 Å². The summed E-state index contributed by atoms with van der Waals surface area (Å²) >= 11 is 8.57. The maximum Gasteiger partial charge on any atom is 0.261 e. The molecule has 0 bridgehead atoms. The number of ether oxygens (including phenoxy) is 1. The monoisotopic (exact) mass is 533 g/mol. The van der Waals surface area contributed by atoms with E-state index in [1.807, 2.05) is 6.92 Å². The second-order valence-corrected chi connectivity index (χ2v) is 9.43. The largest absolute Gasteiger partial charge is 0.493 e. The van der Waals surface area contributed by atoms with Crippen molar-refractivity contribution in [2.45, 2.75) is 11.8 Å². The predicted octanol–water partition coefficient (Wildman–Crippen LogP) is 4.78. The number of nitrogens with one attached hydrogen (secondary N) is 3. The second kappa shape index (κ2) is 10.6. The Morgan fingerprint density at radius 3 is 2.31 bits per heavy atom. The summed E-state index contributed by atoms with van der Waals surface area (Å²) in [6, 6.07) is 19.6. The molecule has 0 spiro atoms. The first kappa shape index (κ1) is 23.7. The molecule has 32 heavy (non-hydrogen) atoms. The molecule has 3 rings (SSSR count). The molecule has 3 aromatic rings. The van der Waals surface area contributed by atoms with Crippen LogP contribution in [0, 0.1) is 0 Å². The molecule has 0 aliphatic rings. The Balaban J connectivity index is 1.61. The minimum absolute atomic E-state index is 0.0815. The molecular weight excluding hydrogens is 514 g/mol. The average Bonchev–Trinajstić information content (AvgIpc) is 2.76. The van der Waals surface area contributed by atoms with Crippen LogP contribution in [0.3, 0.4) is 0 Å². The van der Waals surface area contributed by atoms with E-state index in [1.54, 1.807) is 60.7 Å². The molecule has 0 unspecified atom stereocenters. The number of sulfonamides is 1. The van der Waals surface area contributed by atoms with Gasteiger partial charge in [0.15, 0.2) is 5.11 Å². The van der Waals surface area contributed by atoms with E-state index in [4.69, 9.17) is 17.0 Å². The van der Waals surface area contributed by atoms with Crippen molar-refractivity contribution in [1.29, 1.82) is 0 Å². The van der Waals surface area contributed by atoms with Crippen LogP contribution in [0.25, 0.3) is 0 Å². The number of benzene rings is 3. The molecule has 1 amide bonds. The molecule has 0 saturated heterocycles. The Kier molecular flexibility index (Phi) is 7.84. The summed E-state index contributed by atoms with van der Waals surface area (Å²) in [5, 5.41) is 5.54. The number of hydrogen-bond donors (Lipinski definition) is 3. The third-order valence-corrected chi connectivity index (χ3v) is 6.39. The molecule has 3 aromatic carbocycles. The summed E-state index contributed by atoms with van der Waals surface area (Å²) < 4.78 is 33.6. The molecule has 0 fully saturated rings. The van der Waals surface area contributed by atoms with Gasteiger partial charge in [-0.2, -0.15) is 0 Å². The normalized spacial score (nSPS) is 10.8. The Hall–Kier alpha value is -2.95. The minimum atomic E-state index is -3.72. The van der Waals surface area contributed by atoms with Crippen molar-refractivity contribution in [2.24, 2.45) is 0 Å². The Labute approximate surface area is 200 Å². The first-order valence-electron chi connectivity index (χ1n) is 9.51. The lowest BCUT2D eigenvalue weighted by atomic mass is 10.2. The van der Waals surface area contributed by atoms with E-state index in [-0.39, 0.29) is 10.0 Å². The highest BCUT2D eigenvalue weighted by Crippen LogP contribution is 2.26. The zero-order chi connectivity index (χ0) is 23.1. The highest BCUT2D eigenvalue weighted by atomic mass is 79.9. The Morgan fingerprint density at radius 2 is 1.69 bits per heavy atom. The van der Waals surface area contributed by atoms with Gasteiger partial charge in [-0.1, -0.05) is 18.2 Å². The number of amides is 1. The predicted molar refractivity (Wildman–Crippen MR) is 133 cm³/mol. The zero-order valence-corrected chi connectivity index (χ0v) is 20.2. The number of para-hydroxylation sites is 1. The smallest absolute Gasteiger partial charge is 0.261 e. The van der Waals surface area contributed by atoms with E-state index in [1.165, 1.54) is 12.1 Å². The van der Waals surface area contributed by atoms with Gasteiger partial charge in [0.25, 0.3) is 15.9 Å². The van der Waals surface area contributed by atoms with E-state index < -0.39 is 15.9 Å². The molecular formula is C22H20BrN3O4S2. The van der Waals surface area contributed by atoms with Gasteiger partial charge in [0, 0.05) is 16.9 Å². The van der Waals surface area contributed by atoms with Crippen LogP contribution in [0.1, 0.15) is 17.3 Å². The third kappa shape index (κ3) is 6.28. The summed E-state index contributed by atoms with van der Waals surface area (Å²) in [7, 11) is -3.72. The van der Waals surface area contributed by atoms with Crippen LogP contribution in [0.4, 0.5) is 11.4 Å². The van der Waals surface area contributed by atoms with Gasteiger partial charge in [0.2, 0.25) is 0 Å². The van der Waals surface area contributed by atoms with Crippen LogP contribution in [0.5, 0.6) is 5.75 Å². The van der Waals surface area contributed by atoms with Crippen LogP contribution in [-0.4, -0.2) is 26.0 Å². The van der Waals surface area contributed by atoms with Gasteiger partial charge >= 0.3 is 0 Å². The van der Waals surface area contributed by atoms with Crippen molar-refractivity contribution in [3.63, 3.8) is 0 Å². The molecule has 10 heteroatoms. The minimum Gasteiger partial charge on any atom is -0.493 e. The zero-order valence-electron chi connectivity index (χ0n) is 17.0. The number of rotatable bonds is 7. The van der Waals surface area contributed by atoms with Crippen LogP contribution >= 0.6 is 28.1 Å². The van der Waals surface area contributed by atoms with E-state index >= 15 is 0 Å². The molecule has 0 aliphatic heterocycles. The van der Waals surface area contributed by atoms with Crippen LogP contribution in [-0.2, 0) is 10.0 Å². The SMILES string of the molecule is CCOc1ccc(C(=O)NC(=S)Nc2ccc(S(=O)(=O)Nc3ccccc3)cc2)cc1Br. The number of hydrogen-bond acceptors (Lipinski definition) is 5. The van der Waals surface area contributed by atoms with Crippen LogP contribution in [0.2, 0.25) is 0 Å². The molecule has 0 heterocycles. The van der Waals surface area contributed by atoms with Gasteiger partial charge in [0.05, 0.1) is 16.0 Å². The Bertz CT molecular complexity index is 1220. The topological polar surface area (TPSA) is 96.5 Å². The molecule has 0 saturated carbocycles. The highest BCUT2D eigenvalue weighted by molar-refractivity contribution is 9.10. The maximum atomic E-state index is 12.5. The van der Waals surface area contributed by atoms with Gasteiger partial charge in [-0.25, -0.2) is 8.42 Å². The molecule has 0 atom stereocenters. The third-order valence-electron chi connectivity index (χ3n) is 4.17. The van der Waals surface area contributed by atoms with Crippen molar-refractivity contribution in [1.82, 2.24) is 5.32 Å². The summed E-state index contributed by atoms with van der Waals surface area (Å²) in [4.78, 5) is 12.5. The van der Waals surface area contributed by atoms with Crippen molar-refractivity contribution in [2.75, 3.05) is 16.6 Å². The molecule has 7 nitrogen and oxygen atoms in total. The van der Waals surface area contributed by atoms with E-state index in [2.05, 4.69) is 31.3 Å². The fraction of sp³-hybridized carbons (Fsp3) is 0.0909. The molecule has 166 valence electrons.